The number of aliphatic hydroxyl groups is 1. The molecule has 2 aromatic carbocycles. The van der Waals surface area contributed by atoms with Gasteiger partial charge in [-0.3, -0.25) is 4.90 Å². The first-order chi connectivity index (χ1) is 13.1. The van der Waals surface area contributed by atoms with Gasteiger partial charge in [-0.05, 0) is 24.5 Å². The van der Waals surface area contributed by atoms with Crippen LogP contribution >= 0.6 is 0 Å². The first-order valence-electron chi connectivity index (χ1n) is 9.69. The van der Waals surface area contributed by atoms with Crippen molar-refractivity contribution in [1.29, 1.82) is 0 Å². The smallest absolute Gasteiger partial charge is 0.336 e. The molecule has 0 aliphatic carbocycles. The van der Waals surface area contributed by atoms with Gasteiger partial charge in [-0.25, -0.2) is 4.79 Å². The molecule has 0 heterocycles. The number of hydrogen-bond acceptors (Lipinski definition) is 4. The minimum atomic E-state index is -1.17. The summed E-state index contributed by atoms with van der Waals surface area (Å²) in [5.74, 6) is -0.575. The molecular weight excluding hydrogens is 338 g/mol. The molecule has 0 saturated carbocycles. The number of nitrogens with zero attached hydrogens (tertiary/aromatic N) is 1. The number of unbranched alkanes of at least 4 members (excludes halogenated alkanes) is 1. The fourth-order valence-electron chi connectivity index (χ4n) is 3.45. The number of hydrogen-bond donors (Lipinski definition) is 1. The zero-order valence-corrected chi connectivity index (χ0v) is 16.5. The highest BCUT2D eigenvalue weighted by Gasteiger charge is 2.34. The number of carbonyl (C=O) groups is 1. The second-order valence-electron chi connectivity index (χ2n) is 6.92. The summed E-state index contributed by atoms with van der Waals surface area (Å²) in [7, 11) is 1.32. The van der Waals surface area contributed by atoms with E-state index >= 15 is 0 Å². The van der Waals surface area contributed by atoms with Gasteiger partial charge in [0.15, 0.2) is 6.10 Å². The third-order valence-corrected chi connectivity index (χ3v) is 5.07. The Morgan fingerprint density at radius 1 is 1.07 bits per heavy atom. The lowest BCUT2D eigenvalue weighted by atomic mass is 9.96. The van der Waals surface area contributed by atoms with Crippen molar-refractivity contribution in [2.24, 2.45) is 0 Å². The van der Waals surface area contributed by atoms with Crippen LogP contribution in [0.5, 0.6) is 0 Å². The van der Waals surface area contributed by atoms with Crippen LogP contribution in [0.2, 0.25) is 0 Å². The highest BCUT2D eigenvalue weighted by molar-refractivity contribution is 5.75. The van der Waals surface area contributed by atoms with Crippen molar-refractivity contribution in [3.63, 3.8) is 0 Å². The van der Waals surface area contributed by atoms with E-state index < -0.39 is 12.1 Å². The third-order valence-electron chi connectivity index (χ3n) is 5.07. The summed E-state index contributed by atoms with van der Waals surface area (Å²) in [6.45, 7) is 4.89. The zero-order valence-electron chi connectivity index (χ0n) is 16.5. The number of carbonyl (C=O) groups excluding carboxylic acids is 1. The van der Waals surface area contributed by atoms with Gasteiger partial charge < -0.3 is 9.84 Å². The Bertz CT molecular complexity index is 675. The average Bonchev–Trinajstić information content (AvgIpc) is 2.73. The first-order valence-corrected chi connectivity index (χ1v) is 9.69. The SMILES string of the molecule is CCCC[C@@H]([C@H](O)C(=O)OC)N(Cc1ccccc1)[C@@H](C)c1ccccc1. The highest BCUT2D eigenvalue weighted by atomic mass is 16.5. The average molecular weight is 370 g/mol. The molecule has 0 unspecified atom stereocenters. The van der Waals surface area contributed by atoms with Gasteiger partial charge in [0.25, 0.3) is 0 Å². The van der Waals surface area contributed by atoms with Crippen LogP contribution in [0, 0.1) is 0 Å². The second kappa shape index (κ2) is 10.9. The van der Waals surface area contributed by atoms with E-state index in [1.807, 2.05) is 36.4 Å². The predicted octanol–water partition coefficient (Wildman–Crippen LogP) is 4.34. The van der Waals surface area contributed by atoms with E-state index in [0.29, 0.717) is 6.54 Å². The van der Waals surface area contributed by atoms with E-state index in [-0.39, 0.29) is 12.1 Å². The van der Waals surface area contributed by atoms with Gasteiger partial charge in [0, 0.05) is 18.6 Å². The van der Waals surface area contributed by atoms with Gasteiger partial charge in [0.05, 0.1) is 7.11 Å². The molecule has 0 bridgehead atoms. The van der Waals surface area contributed by atoms with Gasteiger partial charge in [0.2, 0.25) is 0 Å². The summed E-state index contributed by atoms with van der Waals surface area (Å²) >= 11 is 0. The van der Waals surface area contributed by atoms with Crippen molar-refractivity contribution in [2.45, 2.75) is 57.8 Å². The Morgan fingerprint density at radius 3 is 2.22 bits per heavy atom. The summed E-state index contributed by atoms with van der Waals surface area (Å²) < 4.78 is 4.84. The standard InChI is InChI=1S/C23H31NO3/c1-4-5-16-21(22(25)23(26)27-3)24(17-19-12-8-6-9-13-19)18(2)20-14-10-7-11-15-20/h6-15,18,21-22,25H,4-5,16-17H2,1-3H3/t18-,21-,22-/m0/s1. The normalized spacial score (nSPS) is 14.6. The van der Waals surface area contributed by atoms with E-state index in [1.165, 1.54) is 7.11 Å². The molecule has 4 heteroatoms. The van der Waals surface area contributed by atoms with Crippen molar-refractivity contribution >= 4 is 5.97 Å². The fourth-order valence-corrected chi connectivity index (χ4v) is 3.45. The summed E-state index contributed by atoms with van der Waals surface area (Å²) in [4.78, 5) is 14.4. The molecule has 2 rings (SSSR count). The Balaban J connectivity index is 2.38. The van der Waals surface area contributed by atoms with Gasteiger partial charge in [-0.2, -0.15) is 0 Å². The Morgan fingerprint density at radius 2 is 1.67 bits per heavy atom. The van der Waals surface area contributed by atoms with Crippen molar-refractivity contribution in [1.82, 2.24) is 4.90 Å². The van der Waals surface area contributed by atoms with Crippen molar-refractivity contribution in [2.75, 3.05) is 7.11 Å². The molecule has 0 aliphatic rings. The lowest BCUT2D eigenvalue weighted by Gasteiger charge is -2.38. The molecule has 0 fully saturated rings. The fraction of sp³-hybridized carbons (Fsp3) is 0.435. The first kappa shape index (κ1) is 21.1. The summed E-state index contributed by atoms with van der Waals surface area (Å²) in [6.07, 6.45) is 1.50. The molecule has 1 N–H and O–H groups in total. The maximum atomic E-state index is 12.1. The van der Waals surface area contributed by atoms with Crippen LogP contribution in [0.4, 0.5) is 0 Å². The van der Waals surface area contributed by atoms with Crippen LogP contribution < -0.4 is 0 Å². The van der Waals surface area contributed by atoms with Crippen LogP contribution in [0.25, 0.3) is 0 Å². The summed E-state index contributed by atoms with van der Waals surface area (Å²) in [5, 5.41) is 10.7. The molecule has 0 amide bonds. The minimum Gasteiger partial charge on any atom is -0.467 e. The highest BCUT2D eigenvalue weighted by Crippen LogP contribution is 2.28. The Hall–Kier alpha value is -2.17. The molecule has 2 aromatic rings. The van der Waals surface area contributed by atoms with E-state index in [9.17, 15) is 9.90 Å². The number of esters is 1. The van der Waals surface area contributed by atoms with Gasteiger partial charge in [-0.1, -0.05) is 80.4 Å². The Kier molecular flexibility index (Phi) is 8.49. The van der Waals surface area contributed by atoms with Crippen molar-refractivity contribution in [3.05, 3.63) is 71.8 Å². The maximum absolute atomic E-state index is 12.1. The van der Waals surface area contributed by atoms with Gasteiger partial charge >= 0.3 is 5.97 Å². The molecule has 27 heavy (non-hydrogen) atoms. The van der Waals surface area contributed by atoms with E-state index in [0.717, 1.165) is 30.4 Å². The van der Waals surface area contributed by atoms with Crippen molar-refractivity contribution in [3.8, 4) is 0 Å². The largest absolute Gasteiger partial charge is 0.467 e. The topological polar surface area (TPSA) is 49.8 Å². The Labute approximate surface area is 162 Å². The molecule has 0 spiro atoms. The number of aliphatic hydroxyl groups excluding tert-OH is 1. The van der Waals surface area contributed by atoms with E-state index in [4.69, 9.17) is 4.74 Å². The molecule has 4 nitrogen and oxygen atoms in total. The van der Waals surface area contributed by atoms with Crippen LogP contribution in [0.15, 0.2) is 60.7 Å². The number of benzene rings is 2. The summed E-state index contributed by atoms with van der Waals surface area (Å²) in [6, 6.07) is 20.1. The van der Waals surface area contributed by atoms with Crippen LogP contribution in [0.3, 0.4) is 0 Å². The van der Waals surface area contributed by atoms with Gasteiger partial charge in [0.1, 0.15) is 0 Å². The molecule has 0 radical (unpaired) electrons. The molecule has 146 valence electrons. The molecule has 0 aliphatic heterocycles. The second-order valence-corrected chi connectivity index (χ2v) is 6.92. The third kappa shape index (κ3) is 5.91. The van der Waals surface area contributed by atoms with Crippen LogP contribution in [-0.2, 0) is 16.1 Å². The quantitative estimate of drug-likeness (QED) is 0.633. The molecular formula is C23H31NO3. The minimum absolute atomic E-state index is 0.0487. The maximum Gasteiger partial charge on any atom is 0.336 e. The lowest BCUT2D eigenvalue weighted by Crippen LogP contribution is -2.48. The monoisotopic (exact) mass is 369 g/mol. The molecule has 0 aromatic heterocycles. The number of rotatable bonds is 10. The van der Waals surface area contributed by atoms with Gasteiger partial charge in [-0.15, -0.1) is 0 Å². The lowest BCUT2D eigenvalue weighted by molar-refractivity contribution is -0.155. The summed E-state index contributed by atoms with van der Waals surface area (Å²) in [5.41, 5.74) is 2.31. The van der Waals surface area contributed by atoms with E-state index in [2.05, 4.69) is 43.0 Å². The van der Waals surface area contributed by atoms with Crippen LogP contribution in [-0.4, -0.2) is 35.2 Å². The molecule has 0 saturated heterocycles. The number of ether oxygens (including phenoxy) is 1. The van der Waals surface area contributed by atoms with Crippen LogP contribution in [0.1, 0.15) is 50.3 Å². The zero-order chi connectivity index (χ0) is 19.6. The number of methoxy groups -OCH3 is 1. The van der Waals surface area contributed by atoms with Crippen molar-refractivity contribution < 1.29 is 14.6 Å². The predicted molar refractivity (Wildman–Crippen MR) is 108 cm³/mol. The van der Waals surface area contributed by atoms with E-state index in [1.54, 1.807) is 0 Å². The molecule has 3 atom stereocenters.